The molecule has 0 heterocycles. The lowest BCUT2D eigenvalue weighted by Gasteiger charge is -2.05. The van der Waals surface area contributed by atoms with E-state index in [1.54, 1.807) is 0 Å². The molecule has 2 nitrogen and oxygen atoms in total. The van der Waals surface area contributed by atoms with Crippen LogP contribution in [0.3, 0.4) is 0 Å². The van der Waals surface area contributed by atoms with Crippen LogP contribution >= 0.6 is 0 Å². The molecule has 0 saturated carbocycles. The summed E-state index contributed by atoms with van der Waals surface area (Å²) in [7, 11) is 0. The van der Waals surface area contributed by atoms with Gasteiger partial charge in [-0.1, -0.05) is 18.2 Å². The molecule has 0 atom stereocenters. The highest BCUT2D eigenvalue weighted by molar-refractivity contribution is 5.38. The highest BCUT2D eigenvalue weighted by Crippen LogP contribution is 2.25. The average molecular weight is 203 g/mol. The van der Waals surface area contributed by atoms with Crippen LogP contribution in [-0.2, 0) is 12.8 Å². The predicted molar refractivity (Wildman–Crippen MR) is 62.2 cm³/mol. The first-order chi connectivity index (χ1) is 7.40. The van der Waals surface area contributed by atoms with Gasteiger partial charge in [0.05, 0.1) is 0 Å². The number of rotatable bonds is 4. The Kier molecular flexibility index (Phi) is 3.41. The van der Waals surface area contributed by atoms with Gasteiger partial charge in [-0.15, -0.1) is 0 Å². The van der Waals surface area contributed by atoms with Gasteiger partial charge < -0.3 is 10.5 Å². The Labute approximate surface area is 90.7 Å². The Hall–Kier alpha value is -1.28. The highest BCUT2D eigenvalue weighted by atomic mass is 16.5. The summed E-state index contributed by atoms with van der Waals surface area (Å²) in [5.41, 5.74) is 8.28. The second-order valence-corrected chi connectivity index (χ2v) is 3.80. The molecule has 0 spiro atoms. The molecule has 1 aliphatic rings. The zero-order valence-electron chi connectivity index (χ0n) is 8.91. The van der Waals surface area contributed by atoms with Gasteiger partial charge in [-0.3, -0.25) is 0 Å². The molecular weight excluding hydrogens is 186 g/mol. The first kappa shape index (κ1) is 10.2. The molecule has 2 rings (SSSR count). The molecule has 2 heteroatoms. The summed E-state index contributed by atoms with van der Waals surface area (Å²) in [6.45, 7) is 1.18. The van der Waals surface area contributed by atoms with E-state index in [0.717, 1.165) is 5.75 Å². The smallest absolute Gasteiger partial charge is 0.120 e. The van der Waals surface area contributed by atoms with Crippen molar-refractivity contribution in [3.8, 4) is 5.75 Å². The molecule has 0 aromatic heterocycles. The topological polar surface area (TPSA) is 35.2 Å². The standard InChI is InChI=1S/C13H17NO/c14-8-1-2-9-15-13-7-6-11-4-3-5-12(11)10-13/h1-2,6-7,10H,3-5,8-9,14H2. The maximum absolute atomic E-state index is 5.59. The minimum Gasteiger partial charge on any atom is -0.490 e. The van der Waals surface area contributed by atoms with Crippen molar-refractivity contribution in [2.75, 3.05) is 13.2 Å². The lowest BCUT2D eigenvalue weighted by Crippen LogP contribution is -1.97. The summed E-state index contributed by atoms with van der Waals surface area (Å²) < 4.78 is 5.59. The minimum atomic E-state index is 0.577. The zero-order valence-corrected chi connectivity index (χ0v) is 8.91. The Morgan fingerprint density at radius 2 is 2.07 bits per heavy atom. The van der Waals surface area contributed by atoms with Crippen LogP contribution in [0.15, 0.2) is 30.4 Å². The fourth-order valence-electron chi connectivity index (χ4n) is 1.95. The number of hydrogen-bond acceptors (Lipinski definition) is 2. The van der Waals surface area contributed by atoms with Crippen molar-refractivity contribution >= 4 is 0 Å². The van der Waals surface area contributed by atoms with Crippen molar-refractivity contribution in [2.24, 2.45) is 5.73 Å². The second-order valence-electron chi connectivity index (χ2n) is 3.80. The molecule has 0 radical (unpaired) electrons. The lowest BCUT2D eigenvalue weighted by atomic mass is 10.1. The lowest BCUT2D eigenvalue weighted by molar-refractivity contribution is 0.362. The number of aryl methyl sites for hydroxylation is 2. The largest absolute Gasteiger partial charge is 0.490 e. The number of hydrogen-bond donors (Lipinski definition) is 1. The Balaban J connectivity index is 1.95. The Morgan fingerprint density at radius 3 is 2.93 bits per heavy atom. The van der Waals surface area contributed by atoms with E-state index in [1.165, 1.54) is 30.4 Å². The van der Waals surface area contributed by atoms with E-state index in [1.807, 2.05) is 12.2 Å². The molecule has 0 saturated heterocycles. The van der Waals surface area contributed by atoms with Crippen molar-refractivity contribution in [3.05, 3.63) is 41.5 Å². The average Bonchev–Trinajstić information content (AvgIpc) is 2.71. The summed E-state index contributed by atoms with van der Waals surface area (Å²) >= 11 is 0. The van der Waals surface area contributed by atoms with Gasteiger partial charge in [-0.2, -0.15) is 0 Å². The molecular formula is C13H17NO. The molecule has 0 unspecified atom stereocenters. The van der Waals surface area contributed by atoms with Crippen LogP contribution < -0.4 is 10.5 Å². The third-order valence-corrected chi connectivity index (χ3v) is 2.72. The molecule has 0 fully saturated rings. The van der Waals surface area contributed by atoms with Crippen molar-refractivity contribution in [1.82, 2.24) is 0 Å². The normalized spacial score (nSPS) is 14.5. The summed E-state index contributed by atoms with van der Waals surface area (Å²) in [5.74, 6) is 0.970. The van der Waals surface area contributed by atoms with Gasteiger partial charge in [-0.05, 0) is 42.5 Å². The van der Waals surface area contributed by atoms with Crippen LogP contribution in [0, 0.1) is 0 Å². The third-order valence-electron chi connectivity index (χ3n) is 2.72. The fraction of sp³-hybridized carbons (Fsp3) is 0.385. The first-order valence-corrected chi connectivity index (χ1v) is 5.50. The van der Waals surface area contributed by atoms with Gasteiger partial charge in [0.15, 0.2) is 0 Å². The van der Waals surface area contributed by atoms with E-state index in [9.17, 15) is 0 Å². The maximum Gasteiger partial charge on any atom is 0.120 e. The van der Waals surface area contributed by atoms with Crippen molar-refractivity contribution < 1.29 is 4.74 Å². The summed E-state index contributed by atoms with van der Waals surface area (Å²) in [5, 5.41) is 0. The predicted octanol–water partition coefficient (Wildman–Crippen LogP) is 2.07. The molecule has 1 aromatic rings. The Morgan fingerprint density at radius 1 is 1.20 bits per heavy atom. The van der Waals surface area contributed by atoms with Crippen LogP contribution in [0.5, 0.6) is 5.75 Å². The minimum absolute atomic E-state index is 0.577. The fourth-order valence-corrected chi connectivity index (χ4v) is 1.95. The zero-order chi connectivity index (χ0) is 10.5. The summed E-state index contributed by atoms with van der Waals surface area (Å²) in [6.07, 6.45) is 7.57. The molecule has 80 valence electrons. The molecule has 1 aliphatic carbocycles. The first-order valence-electron chi connectivity index (χ1n) is 5.50. The monoisotopic (exact) mass is 203 g/mol. The van der Waals surface area contributed by atoms with Gasteiger partial charge in [0.25, 0.3) is 0 Å². The molecule has 0 bridgehead atoms. The van der Waals surface area contributed by atoms with Gasteiger partial charge in [0.2, 0.25) is 0 Å². The van der Waals surface area contributed by atoms with Crippen LogP contribution in [0.25, 0.3) is 0 Å². The van der Waals surface area contributed by atoms with E-state index >= 15 is 0 Å². The molecule has 2 N–H and O–H groups in total. The quantitative estimate of drug-likeness (QED) is 0.760. The number of benzene rings is 1. The molecule has 1 aromatic carbocycles. The van der Waals surface area contributed by atoms with Gasteiger partial charge >= 0.3 is 0 Å². The van der Waals surface area contributed by atoms with Gasteiger partial charge in [-0.25, -0.2) is 0 Å². The van der Waals surface area contributed by atoms with Gasteiger partial charge in [0, 0.05) is 6.54 Å². The van der Waals surface area contributed by atoms with Crippen LogP contribution in [0.2, 0.25) is 0 Å². The van der Waals surface area contributed by atoms with Crippen molar-refractivity contribution in [3.63, 3.8) is 0 Å². The van der Waals surface area contributed by atoms with E-state index in [-0.39, 0.29) is 0 Å². The Bertz CT molecular complexity index is 358. The summed E-state index contributed by atoms with van der Waals surface area (Å²) in [4.78, 5) is 0. The van der Waals surface area contributed by atoms with Gasteiger partial charge in [0.1, 0.15) is 12.4 Å². The van der Waals surface area contributed by atoms with Crippen LogP contribution in [0.1, 0.15) is 17.5 Å². The van der Waals surface area contributed by atoms with Crippen molar-refractivity contribution in [2.45, 2.75) is 19.3 Å². The second kappa shape index (κ2) is 4.99. The highest BCUT2D eigenvalue weighted by Gasteiger charge is 2.10. The third kappa shape index (κ3) is 2.60. The maximum atomic E-state index is 5.59. The van der Waals surface area contributed by atoms with Crippen LogP contribution in [-0.4, -0.2) is 13.2 Å². The number of fused-ring (bicyclic) bond motifs is 1. The molecule has 15 heavy (non-hydrogen) atoms. The van der Waals surface area contributed by atoms with E-state index < -0.39 is 0 Å². The molecule has 0 amide bonds. The number of ether oxygens (including phenoxy) is 1. The van der Waals surface area contributed by atoms with Crippen LogP contribution in [0.4, 0.5) is 0 Å². The molecule has 0 aliphatic heterocycles. The van der Waals surface area contributed by atoms with Crippen molar-refractivity contribution in [1.29, 1.82) is 0 Å². The number of nitrogens with two attached hydrogens (primary N) is 1. The van der Waals surface area contributed by atoms with E-state index in [2.05, 4.69) is 18.2 Å². The summed E-state index contributed by atoms with van der Waals surface area (Å²) in [6, 6.07) is 6.41. The van der Waals surface area contributed by atoms with E-state index in [0.29, 0.717) is 13.2 Å². The van der Waals surface area contributed by atoms with E-state index in [4.69, 9.17) is 10.5 Å². The SMILES string of the molecule is NCC=CCOc1ccc2c(c1)CCC2.